The Morgan fingerprint density at radius 1 is 1.21 bits per heavy atom. The van der Waals surface area contributed by atoms with E-state index in [0.717, 1.165) is 43.0 Å². The lowest BCUT2D eigenvalue weighted by Gasteiger charge is -2.48. The van der Waals surface area contributed by atoms with Gasteiger partial charge in [0.25, 0.3) is 0 Å². The first-order chi connectivity index (χ1) is 11.3. The maximum absolute atomic E-state index is 10.7. The summed E-state index contributed by atoms with van der Waals surface area (Å²) in [6, 6.07) is 3.49. The summed E-state index contributed by atoms with van der Waals surface area (Å²) in [6.45, 7) is 17.3. The third kappa shape index (κ3) is 4.83. The van der Waals surface area contributed by atoms with E-state index in [1.807, 2.05) is 0 Å². The molecule has 3 heteroatoms. The molecule has 0 bridgehead atoms. The number of hydrogen-bond donors (Lipinski definition) is 1. The van der Waals surface area contributed by atoms with E-state index in [9.17, 15) is 5.11 Å². The van der Waals surface area contributed by atoms with Crippen molar-refractivity contribution in [3.63, 3.8) is 0 Å². The highest BCUT2D eigenvalue weighted by molar-refractivity contribution is 6.73. The number of rotatable bonds is 9. The molecule has 1 saturated carbocycles. The van der Waals surface area contributed by atoms with Gasteiger partial charge in [-0.25, -0.2) is 0 Å². The van der Waals surface area contributed by atoms with Crippen LogP contribution >= 0.6 is 0 Å². The lowest BCUT2D eigenvalue weighted by molar-refractivity contribution is -0.00992. The van der Waals surface area contributed by atoms with Crippen molar-refractivity contribution in [1.82, 2.24) is 0 Å². The Labute approximate surface area is 151 Å². The van der Waals surface area contributed by atoms with Crippen LogP contribution in [0.1, 0.15) is 73.6 Å². The second-order valence-electron chi connectivity index (χ2n) is 7.88. The van der Waals surface area contributed by atoms with Crippen molar-refractivity contribution in [2.45, 2.75) is 103 Å². The summed E-state index contributed by atoms with van der Waals surface area (Å²) in [5.41, 5.74) is 2.11. The molecule has 1 fully saturated rings. The molecular formula is C21H40O2Si. The molecule has 24 heavy (non-hydrogen) atoms. The Morgan fingerprint density at radius 2 is 1.79 bits per heavy atom. The quantitative estimate of drug-likeness (QED) is 0.393. The van der Waals surface area contributed by atoms with Crippen LogP contribution in [0.15, 0.2) is 23.8 Å². The van der Waals surface area contributed by atoms with E-state index in [0.29, 0.717) is 5.92 Å². The van der Waals surface area contributed by atoms with Gasteiger partial charge < -0.3 is 9.53 Å². The Balaban J connectivity index is 3.07. The Morgan fingerprint density at radius 3 is 2.25 bits per heavy atom. The molecule has 0 radical (unpaired) electrons. The third-order valence-electron chi connectivity index (χ3n) is 6.54. The molecule has 1 aliphatic carbocycles. The SMILES string of the molecule is C=C[C@@]1(O[Si](CC)(CC)CC)CCCC[C@@H]1CC(O)C(C)=C(C)C. The van der Waals surface area contributed by atoms with Crippen molar-refractivity contribution in [3.8, 4) is 0 Å². The molecule has 3 atom stereocenters. The van der Waals surface area contributed by atoms with Crippen LogP contribution in [0.2, 0.25) is 18.1 Å². The number of aliphatic hydroxyl groups is 1. The van der Waals surface area contributed by atoms with E-state index in [-0.39, 0.29) is 11.7 Å². The van der Waals surface area contributed by atoms with E-state index in [4.69, 9.17) is 4.43 Å². The van der Waals surface area contributed by atoms with Crippen LogP contribution in [0, 0.1) is 5.92 Å². The molecule has 0 aromatic heterocycles. The van der Waals surface area contributed by atoms with Crippen LogP contribution in [0.4, 0.5) is 0 Å². The summed E-state index contributed by atoms with van der Waals surface area (Å²) in [5.74, 6) is 0.379. The van der Waals surface area contributed by atoms with Crippen LogP contribution in [0.3, 0.4) is 0 Å². The fraction of sp³-hybridized carbons (Fsp3) is 0.810. The second-order valence-corrected chi connectivity index (χ2v) is 12.6. The fourth-order valence-corrected chi connectivity index (χ4v) is 7.24. The molecule has 1 N–H and O–H groups in total. The highest BCUT2D eigenvalue weighted by Crippen LogP contribution is 2.44. The van der Waals surface area contributed by atoms with Crippen LogP contribution in [0.5, 0.6) is 0 Å². The average molecular weight is 353 g/mol. The van der Waals surface area contributed by atoms with Crippen molar-refractivity contribution >= 4 is 8.32 Å². The lowest BCUT2D eigenvalue weighted by Crippen LogP contribution is -2.52. The summed E-state index contributed by atoms with van der Waals surface area (Å²) in [7, 11) is -1.70. The van der Waals surface area contributed by atoms with E-state index >= 15 is 0 Å². The molecule has 140 valence electrons. The lowest BCUT2D eigenvalue weighted by atomic mass is 9.72. The van der Waals surface area contributed by atoms with Crippen molar-refractivity contribution in [1.29, 1.82) is 0 Å². The minimum absolute atomic E-state index is 0.227. The highest BCUT2D eigenvalue weighted by Gasteiger charge is 2.45. The van der Waals surface area contributed by atoms with Gasteiger partial charge in [0.1, 0.15) is 0 Å². The summed E-state index contributed by atoms with van der Waals surface area (Å²) >= 11 is 0. The number of hydrogen-bond acceptors (Lipinski definition) is 2. The van der Waals surface area contributed by atoms with Crippen molar-refractivity contribution in [3.05, 3.63) is 23.8 Å². The van der Waals surface area contributed by atoms with Crippen molar-refractivity contribution in [2.24, 2.45) is 5.92 Å². The number of allylic oxidation sites excluding steroid dienone is 1. The maximum atomic E-state index is 10.7. The van der Waals surface area contributed by atoms with Gasteiger partial charge in [0.15, 0.2) is 8.32 Å². The smallest absolute Gasteiger partial charge is 0.193 e. The molecule has 0 amide bonds. The molecular weight excluding hydrogens is 312 g/mol. The number of aliphatic hydroxyl groups excluding tert-OH is 1. The first-order valence-electron chi connectivity index (χ1n) is 9.95. The highest BCUT2D eigenvalue weighted by atomic mass is 28.4. The van der Waals surface area contributed by atoms with E-state index in [1.165, 1.54) is 18.4 Å². The standard InChI is InChI=1S/C21H40O2Si/c1-8-21(23-24(9-2,10-3)11-4)15-13-12-14-19(21)16-20(22)18(7)17(5)6/h8,19-20,22H,1,9-16H2,2-7H3/t19-,20?,21-/m1/s1. The Bertz CT molecular complexity index is 427. The molecule has 1 unspecified atom stereocenters. The first-order valence-corrected chi connectivity index (χ1v) is 12.5. The largest absolute Gasteiger partial charge is 0.408 e. The molecule has 0 aromatic rings. The first kappa shape index (κ1) is 21.7. The zero-order chi connectivity index (χ0) is 18.4. The summed E-state index contributed by atoms with van der Waals surface area (Å²) in [4.78, 5) is 0. The minimum Gasteiger partial charge on any atom is -0.408 e. The molecule has 0 spiro atoms. The molecule has 0 heterocycles. The Kier molecular flexibility index (Phi) is 8.44. The second kappa shape index (κ2) is 9.35. The molecule has 1 aliphatic rings. The summed E-state index contributed by atoms with van der Waals surface area (Å²) in [5, 5.41) is 10.7. The van der Waals surface area contributed by atoms with Crippen LogP contribution < -0.4 is 0 Å². The van der Waals surface area contributed by atoms with E-state index in [2.05, 4.69) is 54.2 Å². The molecule has 1 rings (SSSR count). The molecule has 2 nitrogen and oxygen atoms in total. The normalized spacial score (nSPS) is 26.0. The van der Waals surface area contributed by atoms with Crippen LogP contribution in [-0.2, 0) is 4.43 Å². The van der Waals surface area contributed by atoms with Gasteiger partial charge in [0.2, 0.25) is 0 Å². The van der Waals surface area contributed by atoms with Gasteiger partial charge in [-0.1, -0.05) is 45.3 Å². The van der Waals surface area contributed by atoms with Crippen LogP contribution in [-0.4, -0.2) is 25.1 Å². The minimum atomic E-state index is -1.70. The van der Waals surface area contributed by atoms with Gasteiger partial charge in [-0.15, -0.1) is 6.58 Å². The summed E-state index contributed by atoms with van der Waals surface area (Å²) in [6.07, 6.45) is 7.18. The molecule has 0 saturated heterocycles. The monoisotopic (exact) mass is 352 g/mol. The van der Waals surface area contributed by atoms with Crippen molar-refractivity contribution < 1.29 is 9.53 Å². The van der Waals surface area contributed by atoms with Crippen molar-refractivity contribution in [2.75, 3.05) is 0 Å². The molecule has 0 aromatic carbocycles. The van der Waals surface area contributed by atoms with Crippen LogP contribution in [0.25, 0.3) is 0 Å². The fourth-order valence-electron chi connectivity index (χ4n) is 4.15. The van der Waals surface area contributed by atoms with Gasteiger partial charge in [0, 0.05) is 0 Å². The predicted octanol–water partition coefficient (Wildman–Crippen LogP) is 6.23. The zero-order valence-corrected chi connectivity index (χ0v) is 18.0. The van der Waals surface area contributed by atoms with E-state index < -0.39 is 8.32 Å². The van der Waals surface area contributed by atoms with E-state index in [1.54, 1.807) is 0 Å². The van der Waals surface area contributed by atoms with Gasteiger partial charge in [-0.2, -0.15) is 0 Å². The third-order valence-corrected chi connectivity index (χ3v) is 11.2. The Hall–Kier alpha value is -0.383. The topological polar surface area (TPSA) is 29.5 Å². The zero-order valence-electron chi connectivity index (χ0n) is 17.0. The van der Waals surface area contributed by atoms with Gasteiger partial charge in [-0.05, 0) is 69.7 Å². The van der Waals surface area contributed by atoms with Gasteiger partial charge in [0.05, 0.1) is 11.7 Å². The van der Waals surface area contributed by atoms with Gasteiger partial charge >= 0.3 is 0 Å². The maximum Gasteiger partial charge on any atom is 0.193 e. The summed E-state index contributed by atoms with van der Waals surface area (Å²) < 4.78 is 7.01. The predicted molar refractivity (Wildman–Crippen MR) is 108 cm³/mol. The molecule has 0 aliphatic heterocycles. The average Bonchev–Trinajstić information content (AvgIpc) is 2.60. The van der Waals surface area contributed by atoms with Gasteiger partial charge in [-0.3, -0.25) is 0 Å².